The van der Waals surface area contributed by atoms with Gasteiger partial charge < -0.3 is 9.73 Å². The van der Waals surface area contributed by atoms with Crippen molar-refractivity contribution in [3.63, 3.8) is 0 Å². The maximum atomic E-state index is 12.3. The molecule has 4 aromatic rings. The first-order chi connectivity index (χ1) is 14.9. The molecule has 4 rings (SSSR count). The number of amides is 1. The second-order valence-corrected chi connectivity index (χ2v) is 9.14. The summed E-state index contributed by atoms with van der Waals surface area (Å²) < 4.78 is 5.65. The predicted molar refractivity (Wildman–Crippen MR) is 123 cm³/mol. The van der Waals surface area contributed by atoms with E-state index in [2.05, 4.69) is 65.5 Å². The summed E-state index contributed by atoms with van der Waals surface area (Å²) in [6.07, 6.45) is 0.615. The molecule has 2 aromatic heterocycles. The normalized spacial score (nSPS) is 11.5. The van der Waals surface area contributed by atoms with E-state index in [1.807, 2.05) is 35.7 Å². The van der Waals surface area contributed by atoms with Crippen molar-refractivity contribution in [3.05, 3.63) is 71.4 Å². The van der Waals surface area contributed by atoms with E-state index in [9.17, 15) is 4.79 Å². The lowest BCUT2D eigenvalue weighted by atomic mass is 9.86. The third-order valence-corrected chi connectivity index (χ3v) is 5.61. The number of carbonyl (C=O) groups excluding carboxylic acids is 1. The lowest BCUT2D eigenvalue weighted by molar-refractivity contribution is -0.116. The molecule has 0 radical (unpaired) electrons. The van der Waals surface area contributed by atoms with Gasteiger partial charge in [0, 0.05) is 29.3 Å². The summed E-state index contributed by atoms with van der Waals surface area (Å²) in [5.41, 5.74) is 4.13. The molecule has 0 aliphatic heterocycles. The van der Waals surface area contributed by atoms with Crippen molar-refractivity contribution in [1.29, 1.82) is 0 Å². The first kappa shape index (κ1) is 20.9. The topological polar surface area (TPSA) is 80.9 Å². The first-order valence-corrected chi connectivity index (χ1v) is 11.0. The van der Waals surface area contributed by atoms with Crippen LogP contribution in [0, 0.1) is 0 Å². The fraction of sp³-hybridized carbons (Fsp3) is 0.250. The standard InChI is InChI=1S/C24H24N4O2S/c1-24(2,3)18-11-9-16(10-12-18)19-15-31-23(25-19)26-20(29)13-14-21-27-28-22(30-21)17-7-5-4-6-8-17/h4-12,15H,13-14H2,1-3H3,(H,25,26,29). The van der Waals surface area contributed by atoms with Crippen LogP contribution in [-0.4, -0.2) is 21.1 Å². The summed E-state index contributed by atoms with van der Waals surface area (Å²) in [5, 5.41) is 13.5. The zero-order chi connectivity index (χ0) is 21.8. The maximum Gasteiger partial charge on any atom is 0.247 e. The van der Waals surface area contributed by atoms with Crippen LogP contribution in [0.3, 0.4) is 0 Å². The zero-order valence-electron chi connectivity index (χ0n) is 17.8. The van der Waals surface area contributed by atoms with E-state index in [1.54, 1.807) is 0 Å². The Kier molecular flexibility index (Phi) is 5.95. The number of nitrogens with zero attached hydrogens (tertiary/aromatic N) is 3. The Balaban J connectivity index is 1.33. The lowest BCUT2D eigenvalue weighted by Gasteiger charge is -2.18. The molecule has 0 spiro atoms. The molecule has 31 heavy (non-hydrogen) atoms. The third-order valence-electron chi connectivity index (χ3n) is 4.85. The highest BCUT2D eigenvalue weighted by Gasteiger charge is 2.15. The minimum atomic E-state index is -0.136. The molecule has 2 aromatic carbocycles. The van der Waals surface area contributed by atoms with E-state index in [0.717, 1.165) is 16.8 Å². The Morgan fingerprint density at radius 1 is 1.00 bits per heavy atom. The van der Waals surface area contributed by atoms with E-state index >= 15 is 0 Å². The van der Waals surface area contributed by atoms with E-state index < -0.39 is 0 Å². The number of aromatic nitrogens is 3. The van der Waals surface area contributed by atoms with E-state index in [-0.39, 0.29) is 17.7 Å². The highest BCUT2D eigenvalue weighted by atomic mass is 32.1. The van der Waals surface area contributed by atoms with Crippen molar-refractivity contribution in [2.75, 3.05) is 5.32 Å². The van der Waals surface area contributed by atoms with Crippen LogP contribution in [0.4, 0.5) is 5.13 Å². The average molecular weight is 433 g/mol. The Morgan fingerprint density at radius 2 is 1.74 bits per heavy atom. The number of thiazole rings is 1. The van der Waals surface area contributed by atoms with Gasteiger partial charge in [-0.15, -0.1) is 21.5 Å². The van der Waals surface area contributed by atoms with Gasteiger partial charge in [0.1, 0.15) is 0 Å². The van der Waals surface area contributed by atoms with E-state index in [0.29, 0.717) is 23.3 Å². The summed E-state index contributed by atoms with van der Waals surface area (Å²) in [5.74, 6) is 0.759. The molecular weight excluding hydrogens is 408 g/mol. The average Bonchev–Trinajstić information content (AvgIpc) is 3.42. The van der Waals surface area contributed by atoms with Crippen LogP contribution in [0.15, 0.2) is 64.4 Å². The highest BCUT2D eigenvalue weighted by Crippen LogP contribution is 2.28. The Morgan fingerprint density at radius 3 is 2.45 bits per heavy atom. The molecule has 0 fully saturated rings. The Labute approximate surface area is 185 Å². The van der Waals surface area contributed by atoms with Crippen molar-refractivity contribution in [1.82, 2.24) is 15.2 Å². The smallest absolute Gasteiger partial charge is 0.247 e. The second kappa shape index (κ2) is 8.81. The number of nitrogens with one attached hydrogen (secondary N) is 1. The van der Waals surface area contributed by atoms with Crippen LogP contribution < -0.4 is 5.32 Å². The van der Waals surface area contributed by atoms with Crippen molar-refractivity contribution in [3.8, 4) is 22.7 Å². The Hall–Kier alpha value is -3.32. The number of benzene rings is 2. The number of anilines is 1. The van der Waals surface area contributed by atoms with Gasteiger partial charge in [0.05, 0.1) is 5.69 Å². The summed E-state index contributed by atoms with van der Waals surface area (Å²) in [6, 6.07) is 17.9. The van der Waals surface area contributed by atoms with Gasteiger partial charge in [0.25, 0.3) is 0 Å². The summed E-state index contributed by atoms with van der Waals surface area (Å²) in [4.78, 5) is 16.9. The number of hydrogen-bond acceptors (Lipinski definition) is 6. The second-order valence-electron chi connectivity index (χ2n) is 8.28. The third kappa shape index (κ3) is 5.24. The zero-order valence-corrected chi connectivity index (χ0v) is 18.6. The van der Waals surface area contributed by atoms with Crippen LogP contribution in [0.2, 0.25) is 0 Å². The van der Waals surface area contributed by atoms with Crippen LogP contribution in [0.1, 0.15) is 38.6 Å². The van der Waals surface area contributed by atoms with Gasteiger partial charge in [-0.3, -0.25) is 4.79 Å². The SMILES string of the molecule is CC(C)(C)c1ccc(-c2csc(NC(=O)CCc3nnc(-c4ccccc4)o3)n2)cc1. The summed E-state index contributed by atoms with van der Waals surface area (Å²) in [6.45, 7) is 6.57. The fourth-order valence-corrected chi connectivity index (χ4v) is 3.79. The van der Waals surface area contributed by atoms with Gasteiger partial charge in [0.15, 0.2) is 5.13 Å². The maximum absolute atomic E-state index is 12.3. The molecule has 0 atom stereocenters. The van der Waals surface area contributed by atoms with Gasteiger partial charge in [-0.2, -0.15) is 0 Å². The van der Waals surface area contributed by atoms with E-state index in [4.69, 9.17) is 4.42 Å². The lowest BCUT2D eigenvalue weighted by Crippen LogP contribution is -2.12. The van der Waals surface area contributed by atoms with Crippen LogP contribution in [0.25, 0.3) is 22.7 Å². The molecule has 1 N–H and O–H groups in total. The molecule has 0 saturated heterocycles. The summed E-state index contributed by atoms with van der Waals surface area (Å²) >= 11 is 1.41. The molecule has 0 aliphatic carbocycles. The van der Waals surface area contributed by atoms with Crippen LogP contribution >= 0.6 is 11.3 Å². The molecule has 2 heterocycles. The number of aryl methyl sites for hydroxylation is 1. The highest BCUT2D eigenvalue weighted by molar-refractivity contribution is 7.14. The quantitative estimate of drug-likeness (QED) is 0.421. The van der Waals surface area contributed by atoms with Crippen molar-refractivity contribution < 1.29 is 9.21 Å². The molecule has 1 amide bonds. The first-order valence-electron chi connectivity index (χ1n) is 10.1. The fourth-order valence-electron chi connectivity index (χ4n) is 3.06. The van der Waals surface area contributed by atoms with Crippen LogP contribution in [-0.2, 0) is 16.6 Å². The molecule has 0 aliphatic rings. The van der Waals surface area contributed by atoms with Gasteiger partial charge in [-0.05, 0) is 23.1 Å². The minimum absolute atomic E-state index is 0.111. The molecule has 7 heteroatoms. The van der Waals surface area contributed by atoms with E-state index in [1.165, 1.54) is 16.9 Å². The number of carbonyl (C=O) groups is 1. The molecule has 0 saturated carbocycles. The van der Waals surface area contributed by atoms with Crippen molar-refractivity contribution in [2.24, 2.45) is 0 Å². The minimum Gasteiger partial charge on any atom is -0.421 e. The molecule has 0 unspecified atom stereocenters. The Bertz CT molecular complexity index is 1160. The molecular formula is C24H24N4O2S. The number of hydrogen-bond donors (Lipinski definition) is 1. The van der Waals surface area contributed by atoms with Crippen molar-refractivity contribution >= 4 is 22.4 Å². The van der Waals surface area contributed by atoms with Gasteiger partial charge >= 0.3 is 0 Å². The predicted octanol–water partition coefficient (Wildman–Crippen LogP) is 5.73. The van der Waals surface area contributed by atoms with Gasteiger partial charge in [-0.1, -0.05) is 63.2 Å². The van der Waals surface area contributed by atoms with Gasteiger partial charge in [-0.25, -0.2) is 4.98 Å². The molecule has 6 nitrogen and oxygen atoms in total. The largest absolute Gasteiger partial charge is 0.421 e. The molecule has 0 bridgehead atoms. The van der Waals surface area contributed by atoms with Crippen molar-refractivity contribution in [2.45, 2.75) is 39.0 Å². The van der Waals surface area contributed by atoms with Gasteiger partial charge in [0.2, 0.25) is 17.7 Å². The number of rotatable bonds is 6. The molecule has 158 valence electrons. The summed E-state index contributed by atoms with van der Waals surface area (Å²) in [7, 11) is 0. The van der Waals surface area contributed by atoms with Crippen LogP contribution in [0.5, 0.6) is 0 Å². The monoisotopic (exact) mass is 432 g/mol.